The maximum absolute atomic E-state index is 12.0. The Morgan fingerprint density at radius 3 is 2.50 bits per heavy atom. The van der Waals surface area contributed by atoms with Gasteiger partial charge in [0.05, 0.1) is 13.2 Å². The molecule has 0 bridgehead atoms. The molecule has 1 aliphatic rings. The Hall–Kier alpha value is -1.80. The van der Waals surface area contributed by atoms with Gasteiger partial charge in [0.25, 0.3) is 5.56 Å². The summed E-state index contributed by atoms with van der Waals surface area (Å²) in [6, 6.07) is 0. The zero-order chi connectivity index (χ0) is 14.7. The van der Waals surface area contributed by atoms with Crippen LogP contribution in [0.3, 0.4) is 0 Å². The molecule has 2 heterocycles. The van der Waals surface area contributed by atoms with Crippen LogP contribution in [-0.2, 0) is 18.8 Å². The van der Waals surface area contributed by atoms with E-state index < -0.39 is 11.2 Å². The summed E-state index contributed by atoms with van der Waals surface area (Å²) in [5, 5.41) is 3.04. The molecule has 112 valence electrons. The van der Waals surface area contributed by atoms with Crippen molar-refractivity contribution in [1.29, 1.82) is 0 Å². The summed E-state index contributed by atoms with van der Waals surface area (Å²) in [5.41, 5.74) is 5.29. The van der Waals surface area contributed by atoms with E-state index in [-0.39, 0.29) is 11.5 Å². The largest absolute Gasteiger partial charge is 0.383 e. The van der Waals surface area contributed by atoms with Gasteiger partial charge in [0.15, 0.2) is 0 Å². The smallest absolute Gasteiger partial charge is 0.332 e. The summed E-state index contributed by atoms with van der Waals surface area (Å²) in [4.78, 5) is 25.9. The molecule has 0 unspecified atom stereocenters. The maximum Gasteiger partial charge on any atom is 0.332 e. The lowest BCUT2D eigenvalue weighted by Crippen LogP contribution is -2.41. The molecule has 0 aromatic carbocycles. The zero-order valence-electron chi connectivity index (χ0n) is 11.9. The van der Waals surface area contributed by atoms with Crippen molar-refractivity contribution in [1.82, 2.24) is 14.0 Å². The van der Waals surface area contributed by atoms with Gasteiger partial charge >= 0.3 is 5.69 Å². The van der Waals surface area contributed by atoms with Crippen molar-refractivity contribution < 1.29 is 4.74 Å². The summed E-state index contributed by atoms with van der Waals surface area (Å²) in [5.74, 6) is 0.167. The monoisotopic (exact) mass is 283 g/mol. The van der Waals surface area contributed by atoms with Crippen LogP contribution in [-0.4, -0.2) is 53.4 Å². The molecule has 1 saturated heterocycles. The second-order valence-electron chi connectivity index (χ2n) is 4.85. The summed E-state index contributed by atoms with van der Waals surface area (Å²) in [6.45, 7) is 4.66. The molecule has 0 saturated carbocycles. The highest BCUT2D eigenvalue weighted by Crippen LogP contribution is 2.08. The molecule has 0 amide bonds. The Labute approximate surface area is 116 Å². The minimum absolute atomic E-state index is 0.167. The van der Waals surface area contributed by atoms with Crippen molar-refractivity contribution in [2.45, 2.75) is 0 Å². The molecule has 1 fully saturated rings. The van der Waals surface area contributed by atoms with Gasteiger partial charge in [-0.15, -0.1) is 0 Å². The number of ether oxygens (including phenoxy) is 1. The minimum atomic E-state index is -0.425. The standard InChI is InChI=1S/C12H21N5O3/c1-15-10(13)9(11(18)16(2)12(15)19)14-3-4-17-5-7-20-8-6-17/h14H,3-8,13H2,1-2H3. The van der Waals surface area contributed by atoms with E-state index in [1.165, 1.54) is 11.6 Å². The van der Waals surface area contributed by atoms with E-state index in [1.807, 2.05) is 0 Å². The highest BCUT2D eigenvalue weighted by molar-refractivity contribution is 5.60. The topological polar surface area (TPSA) is 94.5 Å². The van der Waals surface area contributed by atoms with E-state index in [4.69, 9.17) is 10.5 Å². The number of nitrogens with two attached hydrogens (primary N) is 1. The number of nitrogens with zero attached hydrogens (tertiary/aromatic N) is 3. The maximum atomic E-state index is 12.0. The first-order valence-electron chi connectivity index (χ1n) is 6.62. The van der Waals surface area contributed by atoms with Crippen molar-refractivity contribution in [3.8, 4) is 0 Å². The van der Waals surface area contributed by atoms with Crippen LogP contribution in [0.25, 0.3) is 0 Å². The average Bonchev–Trinajstić information content (AvgIpc) is 2.48. The van der Waals surface area contributed by atoms with Crippen molar-refractivity contribution >= 4 is 11.5 Å². The number of hydrogen-bond acceptors (Lipinski definition) is 6. The molecule has 1 aliphatic heterocycles. The second kappa shape index (κ2) is 6.10. The van der Waals surface area contributed by atoms with Crippen molar-refractivity contribution in [3.05, 3.63) is 20.8 Å². The van der Waals surface area contributed by atoms with E-state index in [0.29, 0.717) is 6.54 Å². The van der Waals surface area contributed by atoms with Crippen LogP contribution in [0.4, 0.5) is 11.5 Å². The Morgan fingerprint density at radius 1 is 1.20 bits per heavy atom. The van der Waals surface area contributed by atoms with Crippen LogP contribution in [0, 0.1) is 0 Å². The van der Waals surface area contributed by atoms with Gasteiger partial charge in [-0.3, -0.25) is 18.8 Å². The van der Waals surface area contributed by atoms with Crippen LogP contribution in [0.1, 0.15) is 0 Å². The predicted octanol–water partition coefficient (Wildman–Crippen LogP) is -1.59. The summed E-state index contributed by atoms with van der Waals surface area (Å²) in [7, 11) is 2.99. The highest BCUT2D eigenvalue weighted by Gasteiger charge is 2.14. The molecule has 0 atom stereocenters. The van der Waals surface area contributed by atoms with Crippen LogP contribution in [0.15, 0.2) is 9.59 Å². The van der Waals surface area contributed by atoms with Crippen molar-refractivity contribution in [2.75, 3.05) is 50.4 Å². The third kappa shape index (κ3) is 2.86. The van der Waals surface area contributed by atoms with Gasteiger partial charge in [-0.05, 0) is 0 Å². The molecule has 8 nitrogen and oxygen atoms in total. The predicted molar refractivity (Wildman–Crippen MR) is 77.1 cm³/mol. The second-order valence-corrected chi connectivity index (χ2v) is 4.85. The van der Waals surface area contributed by atoms with Crippen molar-refractivity contribution in [2.24, 2.45) is 14.1 Å². The summed E-state index contributed by atoms with van der Waals surface area (Å²) in [6.07, 6.45) is 0. The molecule has 1 aromatic heterocycles. The van der Waals surface area contributed by atoms with E-state index in [2.05, 4.69) is 10.2 Å². The molecule has 0 aliphatic carbocycles. The number of aromatic nitrogens is 2. The van der Waals surface area contributed by atoms with E-state index in [0.717, 1.165) is 37.4 Å². The quantitative estimate of drug-likeness (QED) is 0.692. The number of anilines is 2. The normalized spacial score (nSPS) is 16.3. The van der Waals surface area contributed by atoms with Gasteiger partial charge in [0.2, 0.25) is 0 Å². The molecule has 0 radical (unpaired) electrons. The molecule has 20 heavy (non-hydrogen) atoms. The molecular weight excluding hydrogens is 262 g/mol. The van der Waals surface area contributed by atoms with Gasteiger partial charge in [0, 0.05) is 40.3 Å². The minimum Gasteiger partial charge on any atom is -0.383 e. The third-order valence-corrected chi connectivity index (χ3v) is 3.54. The fourth-order valence-corrected chi connectivity index (χ4v) is 2.19. The van der Waals surface area contributed by atoms with Crippen LogP contribution in [0.5, 0.6) is 0 Å². The average molecular weight is 283 g/mol. The lowest BCUT2D eigenvalue weighted by atomic mass is 10.4. The van der Waals surface area contributed by atoms with E-state index in [9.17, 15) is 9.59 Å². The summed E-state index contributed by atoms with van der Waals surface area (Å²) >= 11 is 0. The van der Waals surface area contributed by atoms with Crippen LogP contribution in [0.2, 0.25) is 0 Å². The molecule has 8 heteroatoms. The van der Waals surface area contributed by atoms with Gasteiger partial charge in [-0.25, -0.2) is 4.79 Å². The number of hydrogen-bond donors (Lipinski definition) is 2. The van der Waals surface area contributed by atoms with Crippen LogP contribution >= 0.6 is 0 Å². The first-order chi connectivity index (χ1) is 9.52. The van der Waals surface area contributed by atoms with Crippen LogP contribution < -0.4 is 22.3 Å². The number of nitrogen functional groups attached to an aromatic ring is 1. The highest BCUT2D eigenvalue weighted by atomic mass is 16.5. The lowest BCUT2D eigenvalue weighted by Gasteiger charge is -2.26. The molecular formula is C12H21N5O3. The Morgan fingerprint density at radius 2 is 1.85 bits per heavy atom. The fraction of sp³-hybridized carbons (Fsp3) is 0.667. The lowest BCUT2D eigenvalue weighted by molar-refractivity contribution is 0.0398. The van der Waals surface area contributed by atoms with Crippen molar-refractivity contribution in [3.63, 3.8) is 0 Å². The Balaban J connectivity index is 2.06. The van der Waals surface area contributed by atoms with Gasteiger partial charge < -0.3 is 15.8 Å². The zero-order valence-corrected chi connectivity index (χ0v) is 11.9. The number of nitrogens with one attached hydrogen (secondary N) is 1. The van der Waals surface area contributed by atoms with E-state index >= 15 is 0 Å². The molecule has 2 rings (SSSR count). The Kier molecular flexibility index (Phi) is 4.46. The van der Waals surface area contributed by atoms with E-state index in [1.54, 1.807) is 7.05 Å². The number of rotatable bonds is 4. The molecule has 1 aromatic rings. The van der Waals surface area contributed by atoms with Gasteiger partial charge in [0.1, 0.15) is 11.5 Å². The third-order valence-electron chi connectivity index (χ3n) is 3.54. The summed E-state index contributed by atoms with van der Waals surface area (Å²) < 4.78 is 7.59. The van der Waals surface area contributed by atoms with Gasteiger partial charge in [-0.2, -0.15) is 0 Å². The Bertz CT molecular complexity index is 586. The molecule has 0 spiro atoms. The first-order valence-corrected chi connectivity index (χ1v) is 6.62. The fourth-order valence-electron chi connectivity index (χ4n) is 2.19. The molecule has 3 N–H and O–H groups in total. The van der Waals surface area contributed by atoms with Gasteiger partial charge in [-0.1, -0.05) is 0 Å². The SMILES string of the molecule is Cn1c(N)c(NCCN2CCOCC2)c(=O)n(C)c1=O. The first kappa shape index (κ1) is 14.6. The number of morpholine rings is 1.